The van der Waals surface area contributed by atoms with E-state index in [9.17, 15) is 0 Å². The van der Waals surface area contributed by atoms with Crippen molar-refractivity contribution in [3.05, 3.63) is 273 Å². The Bertz CT molecular complexity index is 4260. The Balaban J connectivity index is 1.03. The van der Waals surface area contributed by atoms with E-state index in [0.29, 0.717) is 0 Å². The van der Waals surface area contributed by atoms with Crippen molar-refractivity contribution in [2.45, 2.75) is 0 Å². The fraction of sp³-hybridized carbons (Fsp3) is 0. The average Bonchev–Trinajstić information content (AvgIpc) is 3.98. The minimum Gasteiger partial charge on any atom is -0.311 e. The van der Waals surface area contributed by atoms with Crippen LogP contribution >= 0.6 is 0 Å². The van der Waals surface area contributed by atoms with Gasteiger partial charge in [0.1, 0.15) is 0 Å². The summed E-state index contributed by atoms with van der Waals surface area (Å²) in [6.07, 6.45) is 0. The molecule has 0 atom stereocenters. The van der Waals surface area contributed by atoms with Crippen molar-refractivity contribution < 1.29 is 0 Å². The molecule has 3 heteroatoms. The number of fused-ring (bicyclic) bond motifs is 10. The molecule has 2 heterocycles. The van der Waals surface area contributed by atoms with Gasteiger partial charge in [0.25, 0.3) is 0 Å². The Morgan fingerprint density at radius 2 is 0.732 bits per heavy atom. The third-order valence-electron chi connectivity index (χ3n) is 14.4. The summed E-state index contributed by atoms with van der Waals surface area (Å²) in [4.78, 5) is 2.32. The Morgan fingerprint density at radius 3 is 1.39 bits per heavy atom. The van der Waals surface area contributed by atoms with Gasteiger partial charge >= 0.3 is 0 Å². The van der Waals surface area contributed by atoms with Crippen LogP contribution in [0.5, 0.6) is 0 Å². The van der Waals surface area contributed by atoms with Gasteiger partial charge in [-0.05, 0) is 141 Å². The van der Waals surface area contributed by atoms with Crippen LogP contribution < -0.4 is 4.90 Å². The second kappa shape index (κ2) is 16.7. The number of hydrogen-bond acceptors (Lipinski definition) is 1. The molecule has 0 aliphatic heterocycles. The molecule has 0 aliphatic carbocycles. The van der Waals surface area contributed by atoms with Crippen molar-refractivity contribution in [1.29, 1.82) is 0 Å². The Kier molecular flexibility index (Phi) is 9.53. The van der Waals surface area contributed by atoms with Crippen LogP contribution in [0.2, 0.25) is 0 Å². The number of para-hydroxylation sites is 5. The van der Waals surface area contributed by atoms with Gasteiger partial charge in [0.2, 0.25) is 0 Å². The highest BCUT2D eigenvalue weighted by Gasteiger charge is 2.22. The third kappa shape index (κ3) is 6.74. The summed E-state index contributed by atoms with van der Waals surface area (Å²) in [5, 5.41) is 9.86. The molecule has 0 aliphatic rings. The van der Waals surface area contributed by atoms with Gasteiger partial charge in [-0.25, -0.2) is 0 Å². The maximum atomic E-state index is 2.47. The second-order valence-corrected chi connectivity index (χ2v) is 18.5. The predicted molar refractivity (Wildman–Crippen MR) is 301 cm³/mol. The van der Waals surface area contributed by atoms with E-state index < -0.39 is 0 Å². The molecule has 0 amide bonds. The molecule has 12 aromatic carbocycles. The zero-order valence-electron chi connectivity index (χ0n) is 38.8. The first kappa shape index (κ1) is 40.6. The summed E-state index contributed by atoms with van der Waals surface area (Å²) in [5.74, 6) is 0. The molecule has 0 spiro atoms. The Hall–Kier alpha value is -9.44. The lowest BCUT2D eigenvalue weighted by Gasteiger charge is -2.25. The molecule has 0 bridgehead atoms. The molecular weight excluding hydrogens is 859 g/mol. The second-order valence-electron chi connectivity index (χ2n) is 18.5. The largest absolute Gasteiger partial charge is 0.311 e. The molecule has 0 saturated heterocycles. The van der Waals surface area contributed by atoms with Gasteiger partial charge in [0, 0.05) is 60.8 Å². The van der Waals surface area contributed by atoms with E-state index in [1.165, 1.54) is 70.7 Å². The molecule has 0 N–H and O–H groups in total. The van der Waals surface area contributed by atoms with Crippen LogP contribution in [0.15, 0.2) is 273 Å². The number of hydrogen-bond donors (Lipinski definition) is 0. The van der Waals surface area contributed by atoms with Crippen molar-refractivity contribution in [2.24, 2.45) is 0 Å². The number of anilines is 3. The highest BCUT2D eigenvalue weighted by atomic mass is 15.1. The Labute approximate surface area is 412 Å². The van der Waals surface area contributed by atoms with Gasteiger partial charge < -0.3 is 14.0 Å². The average molecular weight is 904 g/mol. The van der Waals surface area contributed by atoms with Crippen LogP contribution in [0.25, 0.3) is 110 Å². The maximum absolute atomic E-state index is 2.47. The van der Waals surface area contributed by atoms with E-state index in [0.717, 1.165) is 56.3 Å². The van der Waals surface area contributed by atoms with Gasteiger partial charge in [-0.3, -0.25) is 0 Å². The zero-order chi connectivity index (χ0) is 46.8. The van der Waals surface area contributed by atoms with Crippen LogP contribution in [0.3, 0.4) is 0 Å². The molecular formula is C68H45N3. The summed E-state index contributed by atoms with van der Waals surface area (Å²) in [5.41, 5.74) is 17.4. The number of aromatic nitrogens is 2. The molecule has 0 unspecified atom stereocenters. The third-order valence-corrected chi connectivity index (χ3v) is 14.4. The lowest BCUT2D eigenvalue weighted by atomic mass is 9.90. The zero-order valence-corrected chi connectivity index (χ0v) is 38.8. The van der Waals surface area contributed by atoms with Gasteiger partial charge in [-0.15, -0.1) is 0 Å². The van der Waals surface area contributed by atoms with E-state index >= 15 is 0 Å². The van der Waals surface area contributed by atoms with E-state index in [1.54, 1.807) is 0 Å². The quantitative estimate of drug-likeness (QED) is 0.148. The van der Waals surface area contributed by atoms with E-state index in [2.05, 4.69) is 287 Å². The van der Waals surface area contributed by atoms with Crippen molar-refractivity contribution in [3.63, 3.8) is 0 Å². The number of rotatable bonds is 8. The molecule has 0 fully saturated rings. The standard InChI is InChI=1S/C68H45N3/c1-5-21-53(22-6-1)69(54-23-7-2-8-24-54)57-37-33-46(34-38-57)50-41-51(48-36-39-60-61-40-35-47-19-13-15-29-58(47)67(61)71(65(60)45-48)56-27-11-4-12-28-56)43-52(42-50)63-44-49-20-14-16-30-59(49)68-66(63)62-31-17-18-32-64(62)70(68)55-25-9-3-10-26-55/h1-45H. The summed E-state index contributed by atoms with van der Waals surface area (Å²) >= 11 is 0. The van der Waals surface area contributed by atoms with Crippen LogP contribution in [-0.4, -0.2) is 9.13 Å². The van der Waals surface area contributed by atoms with Gasteiger partial charge in [0.15, 0.2) is 0 Å². The van der Waals surface area contributed by atoms with E-state index in [-0.39, 0.29) is 0 Å². The molecule has 0 radical (unpaired) electrons. The lowest BCUT2D eigenvalue weighted by Crippen LogP contribution is -2.09. The van der Waals surface area contributed by atoms with Crippen LogP contribution in [-0.2, 0) is 0 Å². The fourth-order valence-corrected chi connectivity index (χ4v) is 11.2. The highest BCUT2D eigenvalue weighted by Crippen LogP contribution is 2.46. The first-order valence-electron chi connectivity index (χ1n) is 24.4. The van der Waals surface area contributed by atoms with Crippen LogP contribution in [0.4, 0.5) is 17.1 Å². The van der Waals surface area contributed by atoms with Gasteiger partial charge in [0.05, 0.1) is 22.1 Å². The van der Waals surface area contributed by atoms with Crippen LogP contribution in [0, 0.1) is 0 Å². The minimum atomic E-state index is 1.10. The van der Waals surface area contributed by atoms with Gasteiger partial charge in [-0.1, -0.05) is 176 Å². The van der Waals surface area contributed by atoms with E-state index in [1.807, 2.05) is 0 Å². The lowest BCUT2D eigenvalue weighted by molar-refractivity contribution is 1.19. The topological polar surface area (TPSA) is 13.1 Å². The summed E-state index contributed by atoms with van der Waals surface area (Å²) in [6.45, 7) is 0. The maximum Gasteiger partial charge on any atom is 0.0625 e. The molecule has 3 nitrogen and oxygen atoms in total. The highest BCUT2D eigenvalue weighted by molar-refractivity contribution is 6.24. The monoisotopic (exact) mass is 903 g/mol. The number of benzene rings is 12. The summed E-state index contributed by atoms with van der Waals surface area (Å²) in [6, 6.07) is 99.8. The van der Waals surface area contributed by atoms with Crippen molar-refractivity contribution in [2.75, 3.05) is 4.90 Å². The normalized spacial score (nSPS) is 11.7. The molecule has 14 aromatic rings. The smallest absolute Gasteiger partial charge is 0.0625 e. The van der Waals surface area contributed by atoms with E-state index in [4.69, 9.17) is 0 Å². The minimum absolute atomic E-state index is 1.10. The summed E-state index contributed by atoms with van der Waals surface area (Å²) in [7, 11) is 0. The van der Waals surface area contributed by atoms with Gasteiger partial charge in [-0.2, -0.15) is 0 Å². The van der Waals surface area contributed by atoms with Crippen molar-refractivity contribution in [3.8, 4) is 44.8 Å². The van der Waals surface area contributed by atoms with Crippen LogP contribution in [0.1, 0.15) is 0 Å². The first-order chi connectivity index (χ1) is 35.2. The molecule has 71 heavy (non-hydrogen) atoms. The first-order valence-corrected chi connectivity index (χ1v) is 24.4. The summed E-state index contributed by atoms with van der Waals surface area (Å²) < 4.78 is 4.93. The fourth-order valence-electron chi connectivity index (χ4n) is 11.2. The van der Waals surface area contributed by atoms with Crippen molar-refractivity contribution in [1.82, 2.24) is 9.13 Å². The predicted octanol–water partition coefficient (Wildman–Crippen LogP) is 18.7. The molecule has 14 rings (SSSR count). The Morgan fingerprint density at radius 1 is 0.254 bits per heavy atom. The molecule has 332 valence electrons. The molecule has 0 saturated carbocycles. The molecule has 2 aromatic heterocycles. The SMILES string of the molecule is c1ccc(N(c2ccccc2)c2ccc(-c3cc(-c4ccc5c6ccc7ccccc7c6n(-c6ccccc6)c5c4)cc(-c4cc5ccccc5c5c4c4ccccc4n5-c4ccccc4)c3)cc2)cc1. The van der Waals surface area contributed by atoms with Crippen molar-refractivity contribution >= 4 is 82.2 Å². The number of nitrogens with zero attached hydrogens (tertiary/aromatic N) is 3.